The third-order valence-corrected chi connectivity index (χ3v) is 16.3. The molecule has 0 spiro atoms. The highest BCUT2D eigenvalue weighted by atomic mass is 19.1. The summed E-state index contributed by atoms with van der Waals surface area (Å²) in [6, 6.07) is 57.0. The predicted molar refractivity (Wildman–Crippen MR) is 339 cm³/mol. The Bertz CT molecular complexity index is 5180. The van der Waals surface area contributed by atoms with Crippen LogP contribution in [-0.2, 0) is 21.1 Å². The summed E-state index contributed by atoms with van der Waals surface area (Å²) in [5.74, 6) is -0.709. The number of fused-ring (bicyclic) bond motifs is 9. The molecule has 9 nitrogen and oxygen atoms in total. The van der Waals surface area contributed by atoms with Gasteiger partial charge in [-0.1, -0.05) is 72.8 Å². The van der Waals surface area contributed by atoms with Crippen LogP contribution in [0.3, 0.4) is 0 Å². The zero-order valence-electron chi connectivity index (χ0n) is 49.6. The number of aryl methyl sites for hydroxylation is 9. The minimum atomic E-state index is -0.243. The van der Waals surface area contributed by atoms with Crippen LogP contribution in [0.25, 0.3) is 133 Å². The summed E-state index contributed by atoms with van der Waals surface area (Å²) in [5, 5.41) is 6.22. The molecule has 0 unspecified atom stereocenters. The topological polar surface area (TPSA) is 89.7 Å². The lowest BCUT2D eigenvalue weighted by Crippen LogP contribution is -2.31. The zero-order chi connectivity index (χ0) is 60.4. The van der Waals surface area contributed by atoms with Crippen LogP contribution in [0.2, 0.25) is 0 Å². The Labute approximate surface area is 500 Å². The van der Waals surface area contributed by atoms with Crippen molar-refractivity contribution in [2.75, 3.05) is 0 Å². The summed E-state index contributed by atoms with van der Waals surface area (Å²) in [6.07, 6.45) is 6.11. The molecule has 0 bridgehead atoms. The Morgan fingerprint density at radius 1 is 0.333 bits per heavy atom. The molecule has 9 aromatic heterocycles. The summed E-state index contributed by atoms with van der Waals surface area (Å²) in [6.45, 7) is 12.2. The largest absolute Gasteiger partial charge is 0.437 e. The van der Waals surface area contributed by atoms with Gasteiger partial charge < -0.3 is 13.3 Å². The van der Waals surface area contributed by atoms with Crippen molar-refractivity contribution in [3.8, 4) is 67.2 Å². The zero-order valence-corrected chi connectivity index (χ0v) is 49.6. The normalized spacial score (nSPS) is 11.4. The summed E-state index contributed by atoms with van der Waals surface area (Å²) < 4.78 is 65.1. The van der Waals surface area contributed by atoms with Crippen LogP contribution < -0.4 is 13.7 Å². The SMILES string of the molecule is Cc1ccc2c(n1)oc1c(-c3c(-c4ccc(F)cc4)ccc[n+]3C)c(C)ccc12.Cc1ccc2c(n1)oc1c(-c3cc(-c4ccc(F)cc4)cc[n+]3C)c(C)ccc12.Cc1ccc2c(n1)oc1c(-c3ccc(-c4ccc(F)cc4)c[n+]3C)c(C)ccc12. The molecule has 15 rings (SSSR count). The predicted octanol–water partition coefficient (Wildman–Crippen LogP) is 17.7. The molecule has 0 atom stereocenters. The smallest absolute Gasteiger partial charge is 0.227 e. The number of hydrogen-bond donors (Lipinski definition) is 0. The molecule has 15 aromatic rings. The van der Waals surface area contributed by atoms with Crippen LogP contribution in [0.1, 0.15) is 33.8 Å². The number of benzene rings is 6. The average molecular weight is 1150 g/mol. The van der Waals surface area contributed by atoms with Gasteiger partial charge in [-0.3, -0.25) is 0 Å². The first-order valence-electron chi connectivity index (χ1n) is 28.7. The molecular formula is C75H60F3N6O3+3. The fourth-order valence-electron chi connectivity index (χ4n) is 11.8. The molecule has 0 aliphatic heterocycles. The maximum absolute atomic E-state index is 13.5. The van der Waals surface area contributed by atoms with Crippen LogP contribution in [0, 0.1) is 59.0 Å². The van der Waals surface area contributed by atoms with Crippen molar-refractivity contribution < 1.29 is 40.1 Å². The van der Waals surface area contributed by atoms with Gasteiger partial charge in [0.1, 0.15) is 38.6 Å². The van der Waals surface area contributed by atoms with Gasteiger partial charge in [-0.05, 0) is 165 Å². The molecule has 12 heteroatoms. The van der Waals surface area contributed by atoms with E-state index in [0.717, 1.165) is 150 Å². The Hall–Kier alpha value is -10.6. The Morgan fingerprint density at radius 3 is 1.21 bits per heavy atom. The van der Waals surface area contributed by atoms with E-state index >= 15 is 0 Å². The highest BCUT2D eigenvalue weighted by Crippen LogP contribution is 2.42. The number of pyridine rings is 6. The van der Waals surface area contributed by atoms with Gasteiger partial charge in [0.05, 0.1) is 22.3 Å². The van der Waals surface area contributed by atoms with Crippen molar-refractivity contribution in [3.05, 3.63) is 252 Å². The number of rotatable bonds is 6. The molecule has 0 radical (unpaired) electrons. The second-order valence-electron chi connectivity index (χ2n) is 22.4. The standard InChI is InChI=1S/3C25H20FN2O/c1-15-4-11-20-21-12-5-16(2)27-25(21)29-24(20)23(15)22-13-8-18(14-28(22)3)17-6-9-19(26)10-7-17;1-15-4-10-20-21-11-5-16(2)27-25(21)29-24(20)23(15)22-14-18(12-13-28(22)3)17-6-8-19(26)9-7-17;1-15-6-12-20-21-13-7-16(2)27-25(21)29-24(20)22(15)23-19(5-4-14-28(23)3)17-8-10-18(26)11-9-17/h3*4-14H,1-3H3/q3*+1. The number of nitrogens with zero attached hydrogens (tertiary/aromatic N) is 6. The molecule has 0 saturated heterocycles. The van der Waals surface area contributed by atoms with Crippen molar-refractivity contribution in [2.24, 2.45) is 21.1 Å². The lowest BCUT2D eigenvalue weighted by Gasteiger charge is -2.10. The van der Waals surface area contributed by atoms with E-state index in [4.69, 9.17) is 13.3 Å². The molecule has 87 heavy (non-hydrogen) atoms. The monoisotopic (exact) mass is 1150 g/mol. The molecule has 0 aliphatic rings. The van der Waals surface area contributed by atoms with Crippen LogP contribution in [-0.4, -0.2) is 15.0 Å². The molecule has 0 saturated carbocycles. The highest BCUT2D eigenvalue weighted by Gasteiger charge is 2.27. The Kier molecular flexibility index (Phi) is 14.3. The van der Waals surface area contributed by atoms with E-state index < -0.39 is 0 Å². The van der Waals surface area contributed by atoms with Gasteiger partial charge in [0.15, 0.2) is 35.3 Å². The number of aromatic nitrogens is 6. The van der Waals surface area contributed by atoms with Crippen LogP contribution in [0.15, 0.2) is 214 Å². The van der Waals surface area contributed by atoms with E-state index in [1.165, 1.54) is 36.4 Å². The number of furan rings is 3. The van der Waals surface area contributed by atoms with E-state index in [1.54, 1.807) is 24.3 Å². The fourth-order valence-corrected chi connectivity index (χ4v) is 11.8. The van der Waals surface area contributed by atoms with E-state index in [1.807, 2.05) is 96.8 Å². The lowest BCUT2D eigenvalue weighted by molar-refractivity contribution is -0.660. The van der Waals surface area contributed by atoms with E-state index in [2.05, 4.69) is 134 Å². The quantitative estimate of drug-likeness (QED) is 0.154. The third-order valence-electron chi connectivity index (χ3n) is 16.3. The third kappa shape index (κ3) is 10.4. The second kappa shape index (κ2) is 22.4. The Morgan fingerprint density at radius 2 is 0.736 bits per heavy atom. The maximum atomic E-state index is 13.5. The summed E-state index contributed by atoms with van der Waals surface area (Å²) in [4.78, 5) is 13.7. The number of hydrogen-bond acceptors (Lipinski definition) is 6. The van der Waals surface area contributed by atoms with Crippen molar-refractivity contribution >= 4 is 66.2 Å². The number of halogens is 3. The van der Waals surface area contributed by atoms with Crippen molar-refractivity contribution in [1.82, 2.24) is 15.0 Å². The fraction of sp³-hybridized carbons (Fsp3) is 0.120. The van der Waals surface area contributed by atoms with Gasteiger partial charge in [0.2, 0.25) is 34.2 Å². The van der Waals surface area contributed by atoms with Gasteiger partial charge >= 0.3 is 0 Å². The maximum Gasteiger partial charge on any atom is 0.227 e. The molecule has 0 amide bonds. The molecule has 426 valence electrons. The van der Waals surface area contributed by atoms with Crippen LogP contribution in [0.5, 0.6) is 0 Å². The van der Waals surface area contributed by atoms with Gasteiger partial charge in [-0.2, -0.15) is 0 Å². The minimum Gasteiger partial charge on any atom is -0.437 e. The van der Waals surface area contributed by atoms with E-state index in [-0.39, 0.29) is 17.5 Å². The van der Waals surface area contributed by atoms with Crippen LogP contribution in [0.4, 0.5) is 13.2 Å². The first kappa shape index (κ1) is 55.6. The molecule has 9 heterocycles. The van der Waals surface area contributed by atoms with Gasteiger partial charge in [0.25, 0.3) is 0 Å². The van der Waals surface area contributed by atoms with Crippen LogP contribution >= 0.6 is 0 Å². The first-order chi connectivity index (χ1) is 42.0. The summed E-state index contributed by atoms with van der Waals surface area (Å²) >= 11 is 0. The van der Waals surface area contributed by atoms with Gasteiger partial charge in [-0.25, -0.2) is 41.8 Å². The first-order valence-corrected chi connectivity index (χ1v) is 28.7. The molecule has 0 aliphatic carbocycles. The molecule has 6 aromatic carbocycles. The van der Waals surface area contributed by atoms with Crippen molar-refractivity contribution in [2.45, 2.75) is 41.5 Å². The molecule has 0 fully saturated rings. The second-order valence-corrected chi connectivity index (χ2v) is 22.4. The minimum absolute atomic E-state index is 0.231. The molecular weight excluding hydrogens is 1090 g/mol. The van der Waals surface area contributed by atoms with Gasteiger partial charge in [-0.15, -0.1) is 0 Å². The Balaban J connectivity index is 0.000000121. The summed E-state index contributed by atoms with van der Waals surface area (Å²) in [5.41, 5.74) is 22.9. The lowest BCUT2D eigenvalue weighted by atomic mass is 9.94. The van der Waals surface area contributed by atoms with Crippen molar-refractivity contribution in [1.29, 1.82) is 0 Å². The van der Waals surface area contributed by atoms with Crippen molar-refractivity contribution in [3.63, 3.8) is 0 Å². The van der Waals surface area contributed by atoms with E-state index in [0.29, 0.717) is 17.1 Å². The van der Waals surface area contributed by atoms with E-state index in [9.17, 15) is 13.2 Å². The van der Waals surface area contributed by atoms with Gasteiger partial charge in [0, 0.05) is 79.2 Å². The molecule has 0 N–H and O–H groups in total. The summed E-state index contributed by atoms with van der Waals surface area (Å²) in [7, 11) is 6.06. The highest BCUT2D eigenvalue weighted by molar-refractivity contribution is 6.11. The average Bonchev–Trinajstić information content (AvgIpc) is 2.45.